The number of ether oxygens (including phenoxy) is 2. The normalized spacial score (nSPS) is 17.1. The fraction of sp³-hybridized carbons (Fsp3) is 0.421. The predicted octanol–water partition coefficient (Wildman–Crippen LogP) is 2.40. The minimum Gasteiger partial charge on any atom is -0.439 e. The van der Waals surface area contributed by atoms with Gasteiger partial charge in [-0.3, -0.25) is 4.79 Å². The van der Waals surface area contributed by atoms with E-state index in [0.29, 0.717) is 36.8 Å². The second-order valence-corrected chi connectivity index (χ2v) is 6.54. The molecule has 3 rings (SSSR count). The summed E-state index contributed by atoms with van der Waals surface area (Å²) in [7, 11) is 1.52. The van der Waals surface area contributed by atoms with Crippen molar-refractivity contribution in [2.75, 3.05) is 38.3 Å². The van der Waals surface area contributed by atoms with E-state index in [4.69, 9.17) is 9.47 Å². The van der Waals surface area contributed by atoms with Gasteiger partial charge in [0, 0.05) is 38.9 Å². The Morgan fingerprint density at radius 1 is 1.30 bits per heavy atom. The number of amides is 1. The minimum absolute atomic E-state index is 0.0110. The average molecular weight is 374 g/mol. The van der Waals surface area contributed by atoms with Crippen LogP contribution in [0.25, 0.3) is 0 Å². The molecule has 8 heteroatoms. The highest BCUT2D eigenvalue weighted by Gasteiger charge is 2.28. The van der Waals surface area contributed by atoms with Crippen LogP contribution in [0.3, 0.4) is 0 Å². The van der Waals surface area contributed by atoms with Crippen molar-refractivity contribution in [1.82, 2.24) is 14.9 Å². The molecule has 27 heavy (non-hydrogen) atoms. The van der Waals surface area contributed by atoms with E-state index < -0.39 is 0 Å². The molecule has 2 aromatic rings. The van der Waals surface area contributed by atoms with E-state index in [9.17, 15) is 9.18 Å². The molecule has 0 aliphatic carbocycles. The fourth-order valence-electron chi connectivity index (χ4n) is 3.14. The Balaban J connectivity index is 1.70. The number of aromatic nitrogens is 2. The highest BCUT2D eigenvalue weighted by molar-refractivity contribution is 5.78. The monoisotopic (exact) mass is 374 g/mol. The number of halogens is 1. The number of piperazine rings is 1. The molecular formula is C19H23FN4O3. The zero-order valence-corrected chi connectivity index (χ0v) is 15.7. The molecule has 0 bridgehead atoms. The van der Waals surface area contributed by atoms with Crippen molar-refractivity contribution < 1.29 is 18.7 Å². The summed E-state index contributed by atoms with van der Waals surface area (Å²) in [6.45, 7) is 5.78. The molecule has 1 aliphatic rings. The lowest BCUT2D eigenvalue weighted by Gasteiger charge is -2.40. The van der Waals surface area contributed by atoms with Gasteiger partial charge in [-0.1, -0.05) is 0 Å². The van der Waals surface area contributed by atoms with Gasteiger partial charge in [0.05, 0.1) is 0 Å². The Labute approximate surface area is 157 Å². The topological polar surface area (TPSA) is 67.8 Å². The molecule has 0 spiro atoms. The van der Waals surface area contributed by atoms with E-state index >= 15 is 0 Å². The maximum absolute atomic E-state index is 13.2. The van der Waals surface area contributed by atoms with Crippen LogP contribution in [0.4, 0.5) is 10.2 Å². The van der Waals surface area contributed by atoms with Crippen molar-refractivity contribution in [1.29, 1.82) is 0 Å². The number of rotatable bonds is 5. The van der Waals surface area contributed by atoms with Crippen LogP contribution in [0, 0.1) is 12.7 Å². The maximum atomic E-state index is 13.2. The van der Waals surface area contributed by atoms with Gasteiger partial charge in [0.25, 0.3) is 0 Å². The molecule has 1 fully saturated rings. The Morgan fingerprint density at radius 3 is 2.81 bits per heavy atom. The number of hydrogen-bond donors (Lipinski definition) is 0. The number of anilines is 1. The Hall–Kier alpha value is -2.74. The first kappa shape index (κ1) is 19.0. The molecule has 1 aromatic carbocycles. The summed E-state index contributed by atoms with van der Waals surface area (Å²) in [5, 5.41) is 0. The summed E-state index contributed by atoms with van der Waals surface area (Å²) in [5.74, 6) is 1.34. The van der Waals surface area contributed by atoms with Crippen LogP contribution in [0.5, 0.6) is 11.6 Å². The second kappa shape index (κ2) is 8.30. The summed E-state index contributed by atoms with van der Waals surface area (Å²) < 4.78 is 24.0. The van der Waals surface area contributed by atoms with E-state index in [1.54, 1.807) is 19.1 Å². The standard InChI is InChI=1S/C19H23FN4O3/c1-13-8-15(20)4-5-16(13)27-18-9-17(21-12-22-18)23-6-7-24(14(2)10-23)19(25)11-26-3/h4-5,8-9,12,14H,6-7,10-11H2,1-3H3. The molecular weight excluding hydrogens is 351 g/mol. The van der Waals surface area contributed by atoms with E-state index in [1.807, 2.05) is 11.8 Å². The van der Waals surface area contributed by atoms with Gasteiger partial charge in [0.1, 0.15) is 30.3 Å². The number of benzene rings is 1. The summed E-state index contributed by atoms with van der Waals surface area (Å²) >= 11 is 0. The van der Waals surface area contributed by atoms with E-state index in [0.717, 1.165) is 5.82 Å². The van der Waals surface area contributed by atoms with Crippen molar-refractivity contribution in [3.05, 3.63) is 42.0 Å². The SMILES string of the molecule is COCC(=O)N1CCN(c2cc(Oc3ccc(F)cc3C)ncn2)CC1C. The molecule has 0 radical (unpaired) electrons. The smallest absolute Gasteiger partial charge is 0.248 e. The molecule has 144 valence electrons. The Morgan fingerprint density at radius 2 is 2.11 bits per heavy atom. The van der Waals surface area contributed by atoms with Crippen LogP contribution >= 0.6 is 0 Å². The molecule has 1 saturated heterocycles. The van der Waals surface area contributed by atoms with Crippen LogP contribution in [-0.2, 0) is 9.53 Å². The van der Waals surface area contributed by atoms with Crippen LogP contribution in [0.1, 0.15) is 12.5 Å². The van der Waals surface area contributed by atoms with Crippen molar-refractivity contribution in [2.45, 2.75) is 19.9 Å². The van der Waals surface area contributed by atoms with Gasteiger partial charge >= 0.3 is 0 Å². The zero-order valence-electron chi connectivity index (χ0n) is 15.7. The van der Waals surface area contributed by atoms with Gasteiger partial charge < -0.3 is 19.3 Å². The number of carbonyl (C=O) groups is 1. The number of aryl methyl sites for hydroxylation is 1. The summed E-state index contributed by atoms with van der Waals surface area (Å²) in [6, 6.07) is 6.13. The van der Waals surface area contributed by atoms with Crippen LogP contribution < -0.4 is 9.64 Å². The average Bonchev–Trinajstić information content (AvgIpc) is 2.64. The van der Waals surface area contributed by atoms with Crippen LogP contribution in [0.15, 0.2) is 30.6 Å². The van der Waals surface area contributed by atoms with Gasteiger partial charge in [-0.15, -0.1) is 0 Å². The first-order valence-corrected chi connectivity index (χ1v) is 8.77. The third-order valence-corrected chi connectivity index (χ3v) is 4.52. The summed E-state index contributed by atoms with van der Waals surface area (Å²) in [5.41, 5.74) is 0.689. The maximum Gasteiger partial charge on any atom is 0.248 e. The summed E-state index contributed by atoms with van der Waals surface area (Å²) in [6.07, 6.45) is 1.44. The van der Waals surface area contributed by atoms with Crippen LogP contribution in [-0.4, -0.2) is 60.2 Å². The molecule has 0 saturated carbocycles. The lowest BCUT2D eigenvalue weighted by molar-refractivity contribution is -0.137. The Kier molecular flexibility index (Phi) is 5.85. The van der Waals surface area contributed by atoms with Gasteiger partial charge in [-0.05, 0) is 37.6 Å². The molecule has 1 aliphatic heterocycles. The highest BCUT2D eigenvalue weighted by atomic mass is 19.1. The highest BCUT2D eigenvalue weighted by Crippen LogP contribution is 2.26. The third-order valence-electron chi connectivity index (χ3n) is 4.52. The lowest BCUT2D eigenvalue weighted by atomic mass is 10.2. The van der Waals surface area contributed by atoms with Crippen molar-refractivity contribution in [3.63, 3.8) is 0 Å². The van der Waals surface area contributed by atoms with E-state index in [2.05, 4.69) is 14.9 Å². The summed E-state index contributed by atoms with van der Waals surface area (Å²) in [4.78, 5) is 24.5. The molecule has 1 aromatic heterocycles. The fourth-order valence-corrected chi connectivity index (χ4v) is 3.14. The lowest BCUT2D eigenvalue weighted by Crippen LogP contribution is -2.55. The quantitative estimate of drug-likeness (QED) is 0.801. The number of hydrogen-bond acceptors (Lipinski definition) is 6. The molecule has 1 atom stereocenters. The van der Waals surface area contributed by atoms with Gasteiger partial charge in [-0.25, -0.2) is 14.4 Å². The number of carbonyl (C=O) groups excluding carboxylic acids is 1. The first-order valence-electron chi connectivity index (χ1n) is 8.77. The molecule has 7 nitrogen and oxygen atoms in total. The molecule has 2 heterocycles. The number of methoxy groups -OCH3 is 1. The molecule has 1 amide bonds. The minimum atomic E-state index is -0.307. The largest absolute Gasteiger partial charge is 0.439 e. The van der Waals surface area contributed by atoms with Gasteiger partial charge in [0.2, 0.25) is 11.8 Å². The first-order chi connectivity index (χ1) is 13.0. The van der Waals surface area contributed by atoms with Crippen LogP contribution in [0.2, 0.25) is 0 Å². The zero-order chi connectivity index (χ0) is 19.4. The van der Waals surface area contributed by atoms with Crippen molar-refractivity contribution in [3.8, 4) is 11.6 Å². The van der Waals surface area contributed by atoms with Gasteiger partial charge in [-0.2, -0.15) is 0 Å². The van der Waals surface area contributed by atoms with E-state index in [1.165, 1.54) is 25.6 Å². The Bertz CT molecular complexity index is 817. The predicted molar refractivity (Wildman–Crippen MR) is 98.5 cm³/mol. The second-order valence-electron chi connectivity index (χ2n) is 6.54. The molecule has 0 N–H and O–H groups in total. The van der Waals surface area contributed by atoms with Crippen molar-refractivity contribution >= 4 is 11.7 Å². The van der Waals surface area contributed by atoms with Gasteiger partial charge in [0.15, 0.2) is 0 Å². The number of nitrogens with zero attached hydrogens (tertiary/aromatic N) is 4. The third kappa shape index (κ3) is 4.51. The van der Waals surface area contributed by atoms with Crippen molar-refractivity contribution in [2.24, 2.45) is 0 Å². The van der Waals surface area contributed by atoms with E-state index in [-0.39, 0.29) is 24.4 Å². The molecule has 1 unspecified atom stereocenters.